The average molecular weight is 222 g/mol. The van der Waals surface area contributed by atoms with Gasteiger partial charge in [-0.3, -0.25) is 0 Å². The number of benzene rings is 1. The third kappa shape index (κ3) is 2.35. The zero-order valence-corrected chi connectivity index (χ0v) is 9.91. The highest BCUT2D eigenvalue weighted by Crippen LogP contribution is 2.38. The molecule has 16 heavy (non-hydrogen) atoms. The van der Waals surface area contributed by atoms with Gasteiger partial charge in [0.1, 0.15) is 5.82 Å². The standard InChI is InChI=1S/C13H19FN2/c1-13(15,10-7-8-10)9-16(2)12-6-4-3-5-11(12)14/h3-6,10H,7-9,15H2,1-2H3. The molecule has 0 amide bonds. The van der Waals surface area contributed by atoms with Crippen LogP contribution in [0.25, 0.3) is 0 Å². The molecule has 2 rings (SSSR count). The van der Waals surface area contributed by atoms with Crippen LogP contribution >= 0.6 is 0 Å². The average Bonchev–Trinajstić information content (AvgIpc) is 3.00. The molecule has 2 nitrogen and oxygen atoms in total. The van der Waals surface area contributed by atoms with Gasteiger partial charge in [-0.05, 0) is 37.8 Å². The second kappa shape index (κ2) is 4.06. The fourth-order valence-electron chi connectivity index (χ4n) is 2.23. The van der Waals surface area contributed by atoms with Gasteiger partial charge in [0.15, 0.2) is 0 Å². The molecule has 0 radical (unpaired) electrons. The van der Waals surface area contributed by atoms with E-state index in [-0.39, 0.29) is 11.4 Å². The Kier molecular flexibility index (Phi) is 2.89. The summed E-state index contributed by atoms with van der Waals surface area (Å²) < 4.78 is 13.5. The van der Waals surface area contributed by atoms with Crippen molar-refractivity contribution >= 4 is 5.69 Å². The van der Waals surface area contributed by atoms with Crippen LogP contribution in [0.1, 0.15) is 19.8 Å². The zero-order valence-electron chi connectivity index (χ0n) is 9.91. The van der Waals surface area contributed by atoms with E-state index in [2.05, 4.69) is 6.92 Å². The fourth-order valence-corrected chi connectivity index (χ4v) is 2.23. The third-order valence-electron chi connectivity index (χ3n) is 3.35. The van der Waals surface area contributed by atoms with Gasteiger partial charge in [0, 0.05) is 19.1 Å². The first-order valence-corrected chi connectivity index (χ1v) is 5.75. The molecule has 1 fully saturated rings. The highest BCUT2D eigenvalue weighted by Gasteiger charge is 2.39. The van der Waals surface area contributed by atoms with Crippen molar-refractivity contribution in [3.63, 3.8) is 0 Å². The number of nitrogens with two attached hydrogens (primary N) is 1. The molecule has 1 atom stereocenters. The Labute approximate surface area is 96.2 Å². The van der Waals surface area contributed by atoms with Crippen molar-refractivity contribution in [1.82, 2.24) is 0 Å². The predicted molar refractivity (Wildman–Crippen MR) is 65.0 cm³/mol. The van der Waals surface area contributed by atoms with Crippen LogP contribution in [0.15, 0.2) is 24.3 Å². The summed E-state index contributed by atoms with van der Waals surface area (Å²) in [5, 5.41) is 0. The SMILES string of the molecule is CN(CC(C)(N)C1CC1)c1ccccc1F. The Balaban J connectivity index is 2.08. The van der Waals surface area contributed by atoms with Crippen molar-refractivity contribution in [3.05, 3.63) is 30.1 Å². The van der Waals surface area contributed by atoms with Gasteiger partial charge in [0.2, 0.25) is 0 Å². The fraction of sp³-hybridized carbons (Fsp3) is 0.538. The second-order valence-electron chi connectivity index (χ2n) is 5.09. The molecule has 1 aliphatic rings. The summed E-state index contributed by atoms with van der Waals surface area (Å²) in [6.07, 6.45) is 2.41. The van der Waals surface area contributed by atoms with Gasteiger partial charge in [-0.25, -0.2) is 4.39 Å². The minimum atomic E-state index is -0.211. The van der Waals surface area contributed by atoms with E-state index in [9.17, 15) is 4.39 Å². The van der Waals surface area contributed by atoms with Crippen LogP contribution in [0.4, 0.5) is 10.1 Å². The number of hydrogen-bond donors (Lipinski definition) is 1. The Morgan fingerprint density at radius 1 is 1.44 bits per heavy atom. The van der Waals surface area contributed by atoms with Crippen LogP contribution < -0.4 is 10.6 Å². The Hall–Kier alpha value is -1.09. The lowest BCUT2D eigenvalue weighted by Crippen LogP contribution is -2.48. The lowest BCUT2D eigenvalue weighted by Gasteiger charge is -2.31. The molecule has 1 aromatic rings. The molecule has 1 aliphatic carbocycles. The zero-order chi connectivity index (χ0) is 11.8. The van der Waals surface area contributed by atoms with Gasteiger partial charge in [0.05, 0.1) is 5.69 Å². The van der Waals surface area contributed by atoms with Crippen molar-refractivity contribution in [1.29, 1.82) is 0 Å². The number of nitrogens with zero attached hydrogens (tertiary/aromatic N) is 1. The van der Waals surface area contributed by atoms with E-state index < -0.39 is 0 Å². The summed E-state index contributed by atoms with van der Waals surface area (Å²) >= 11 is 0. The quantitative estimate of drug-likeness (QED) is 0.847. The summed E-state index contributed by atoms with van der Waals surface area (Å²) in [7, 11) is 1.89. The molecule has 3 heteroatoms. The largest absolute Gasteiger partial charge is 0.370 e. The maximum Gasteiger partial charge on any atom is 0.146 e. The lowest BCUT2D eigenvalue weighted by molar-refractivity contribution is 0.411. The van der Waals surface area contributed by atoms with Gasteiger partial charge in [-0.2, -0.15) is 0 Å². The third-order valence-corrected chi connectivity index (χ3v) is 3.35. The van der Waals surface area contributed by atoms with E-state index in [1.807, 2.05) is 18.0 Å². The molecule has 0 aromatic heterocycles. The Bertz CT molecular complexity index is 372. The van der Waals surface area contributed by atoms with Crippen molar-refractivity contribution in [3.8, 4) is 0 Å². The van der Waals surface area contributed by atoms with Crippen molar-refractivity contribution in [2.45, 2.75) is 25.3 Å². The Morgan fingerprint density at radius 3 is 2.62 bits per heavy atom. The van der Waals surface area contributed by atoms with Crippen molar-refractivity contribution in [2.24, 2.45) is 11.7 Å². The monoisotopic (exact) mass is 222 g/mol. The number of anilines is 1. The van der Waals surface area contributed by atoms with E-state index in [0.717, 1.165) is 0 Å². The van der Waals surface area contributed by atoms with Crippen LogP contribution in [-0.2, 0) is 0 Å². The van der Waals surface area contributed by atoms with E-state index in [4.69, 9.17) is 5.73 Å². The van der Waals surface area contributed by atoms with Crippen molar-refractivity contribution in [2.75, 3.05) is 18.5 Å². The molecule has 0 heterocycles. The summed E-state index contributed by atoms with van der Waals surface area (Å²) in [6, 6.07) is 6.82. The van der Waals surface area contributed by atoms with Gasteiger partial charge < -0.3 is 10.6 Å². The minimum Gasteiger partial charge on any atom is -0.370 e. The van der Waals surface area contributed by atoms with Crippen LogP contribution in [0.5, 0.6) is 0 Å². The van der Waals surface area contributed by atoms with Crippen molar-refractivity contribution < 1.29 is 4.39 Å². The molecule has 1 saturated carbocycles. The number of hydrogen-bond acceptors (Lipinski definition) is 2. The molecule has 0 saturated heterocycles. The summed E-state index contributed by atoms with van der Waals surface area (Å²) in [5.41, 5.74) is 6.66. The van der Waals surface area contributed by atoms with E-state index in [1.54, 1.807) is 12.1 Å². The maximum absolute atomic E-state index is 13.5. The number of halogens is 1. The first kappa shape index (κ1) is 11.4. The first-order valence-electron chi connectivity index (χ1n) is 5.75. The van der Waals surface area contributed by atoms with Gasteiger partial charge in [0.25, 0.3) is 0 Å². The van der Waals surface area contributed by atoms with Crippen LogP contribution in [0.2, 0.25) is 0 Å². The normalized spacial score (nSPS) is 19.2. The topological polar surface area (TPSA) is 29.3 Å². The number of para-hydroxylation sites is 1. The maximum atomic E-state index is 13.5. The number of rotatable bonds is 4. The summed E-state index contributed by atoms with van der Waals surface area (Å²) in [4.78, 5) is 1.91. The first-order chi connectivity index (χ1) is 7.50. The Morgan fingerprint density at radius 2 is 2.06 bits per heavy atom. The van der Waals surface area contributed by atoms with Gasteiger partial charge in [-0.1, -0.05) is 12.1 Å². The molecule has 0 bridgehead atoms. The van der Waals surface area contributed by atoms with Gasteiger partial charge in [-0.15, -0.1) is 0 Å². The lowest BCUT2D eigenvalue weighted by atomic mass is 9.96. The highest BCUT2D eigenvalue weighted by atomic mass is 19.1. The smallest absolute Gasteiger partial charge is 0.146 e. The van der Waals surface area contributed by atoms with Crippen LogP contribution in [0, 0.1) is 11.7 Å². The highest BCUT2D eigenvalue weighted by molar-refractivity contribution is 5.47. The van der Waals surface area contributed by atoms with Crippen LogP contribution in [-0.4, -0.2) is 19.1 Å². The molecule has 2 N–H and O–H groups in total. The molecule has 1 unspecified atom stereocenters. The second-order valence-corrected chi connectivity index (χ2v) is 5.09. The minimum absolute atomic E-state index is 0.184. The summed E-state index contributed by atoms with van der Waals surface area (Å²) in [6.45, 7) is 2.75. The van der Waals surface area contributed by atoms with E-state index in [0.29, 0.717) is 18.2 Å². The molecule has 1 aromatic carbocycles. The molecule has 88 valence electrons. The number of likely N-dealkylation sites (N-methyl/N-ethyl adjacent to an activating group) is 1. The summed E-state index contributed by atoms with van der Waals surface area (Å²) in [5.74, 6) is 0.415. The van der Waals surface area contributed by atoms with Crippen LogP contribution in [0.3, 0.4) is 0 Å². The molecular weight excluding hydrogens is 203 g/mol. The van der Waals surface area contributed by atoms with Gasteiger partial charge >= 0.3 is 0 Å². The molecule has 0 aliphatic heterocycles. The molecule has 0 spiro atoms. The van der Waals surface area contributed by atoms with E-state index >= 15 is 0 Å². The van der Waals surface area contributed by atoms with E-state index in [1.165, 1.54) is 18.9 Å². The molecular formula is C13H19FN2. The predicted octanol–water partition coefficient (Wildman–Crippen LogP) is 2.39.